The second-order valence-electron chi connectivity index (χ2n) is 5.66. The molecule has 25 heavy (non-hydrogen) atoms. The van der Waals surface area contributed by atoms with E-state index in [1.54, 1.807) is 0 Å². The van der Waals surface area contributed by atoms with E-state index in [1.165, 1.54) is 44.9 Å². The zero-order chi connectivity index (χ0) is 18.6. The Kier molecular flexibility index (Phi) is 18.6. The fourth-order valence-electron chi connectivity index (χ4n) is 2.11. The first-order valence-corrected chi connectivity index (χ1v) is 10.5. The van der Waals surface area contributed by atoms with Gasteiger partial charge in [0.2, 0.25) is 0 Å². The second kappa shape index (κ2) is 18.7. The lowest BCUT2D eigenvalue weighted by molar-refractivity contribution is -0.640. The van der Waals surface area contributed by atoms with Gasteiger partial charge in [0, 0.05) is 10.8 Å². The summed E-state index contributed by atoms with van der Waals surface area (Å²) in [5.41, 5.74) is 0. The molecule has 1 unspecified atom stereocenters. The fourth-order valence-corrected chi connectivity index (χ4v) is 2.45. The first-order valence-electron chi connectivity index (χ1n) is 9.18. The van der Waals surface area contributed by atoms with Crippen LogP contribution in [0.25, 0.3) is 0 Å². The predicted octanol–water partition coefficient (Wildman–Crippen LogP) is 2.04. The van der Waals surface area contributed by atoms with Crippen LogP contribution in [0.15, 0.2) is 0 Å². The molecule has 0 aliphatic rings. The van der Waals surface area contributed by atoms with Gasteiger partial charge in [-0.2, -0.15) is 5.90 Å². The molecule has 0 saturated carbocycles. The minimum Gasteiger partial charge on any atom is -0.379 e. The molecule has 0 aromatic carbocycles. The maximum absolute atomic E-state index is 10.8. The molecule has 1 radical (unpaired) electrons. The molecular formula is C16H36NO7S+2. The molecule has 0 fully saturated rings. The van der Waals surface area contributed by atoms with Crippen LogP contribution < -0.4 is 5.90 Å². The zero-order valence-electron chi connectivity index (χ0n) is 15.6. The van der Waals surface area contributed by atoms with E-state index in [-0.39, 0.29) is 13.2 Å². The number of unbranched alkanes of at least 4 members (excludes halogenated alkanes) is 7. The summed E-state index contributed by atoms with van der Waals surface area (Å²) in [4.78, 5) is 0. The third kappa shape index (κ3) is 20.0. The van der Waals surface area contributed by atoms with Crippen molar-refractivity contribution in [1.29, 1.82) is 0 Å². The van der Waals surface area contributed by atoms with Gasteiger partial charge in [0.15, 0.2) is 0 Å². The van der Waals surface area contributed by atoms with Crippen LogP contribution in [0.4, 0.5) is 0 Å². The van der Waals surface area contributed by atoms with Gasteiger partial charge < -0.3 is 14.2 Å². The number of hydrogen-bond donors (Lipinski definition) is 1. The SMILES string of the molecule is CCCCCCCCCCOCCOCCOCCO[S+]([O])(=O)O[NH3+]. The normalized spacial score (nSPS) is 13.9. The average molecular weight is 387 g/mol. The molecular weight excluding hydrogens is 350 g/mol. The molecule has 0 aromatic rings. The molecule has 1 atom stereocenters. The van der Waals surface area contributed by atoms with E-state index in [2.05, 4.69) is 21.3 Å². The van der Waals surface area contributed by atoms with Gasteiger partial charge in [0.25, 0.3) is 0 Å². The Hall–Kier alpha value is -0.130. The molecule has 0 aliphatic heterocycles. The van der Waals surface area contributed by atoms with Gasteiger partial charge in [0.1, 0.15) is 11.2 Å². The quantitative estimate of drug-likeness (QED) is 0.195. The molecule has 0 bridgehead atoms. The van der Waals surface area contributed by atoms with E-state index < -0.39 is 10.8 Å². The largest absolute Gasteiger partial charge is 0.597 e. The van der Waals surface area contributed by atoms with Gasteiger partial charge in [-0.1, -0.05) is 51.9 Å². The van der Waals surface area contributed by atoms with Crippen LogP contribution in [0.1, 0.15) is 58.3 Å². The monoisotopic (exact) mass is 386 g/mol. The van der Waals surface area contributed by atoms with Gasteiger partial charge in [-0.25, -0.2) is 0 Å². The Balaban J connectivity index is 3.06. The predicted molar refractivity (Wildman–Crippen MR) is 93.7 cm³/mol. The molecule has 0 saturated heterocycles. The Morgan fingerprint density at radius 1 is 0.680 bits per heavy atom. The summed E-state index contributed by atoms with van der Waals surface area (Å²) in [6.45, 7) is 4.96. The number of ether oxygens (including phenoxy) is 3. The fraction of sp³-hybridized carbons (Fsp3) is 1.00. The Morgan fingerprint density at radius 2 is 1.12 bits per heavy atom. The summed E-state index contributed by atoms with van der Waals surface area (Å²) >= 11 is 0. The highest BCUT2D eigenvalue weighted by atomic mass is 32.3. The van der Waals surface area contributed by atoms with Crippen molar-refractivity contribution >= 4 is 10.8 Å². The zero-order valence-corrected chi connectivity index (χ0v) is 16.4. The summed E-state index contributed by atoms with van der Waals surface area (Å²) in [5.74, 6) is 2.77. The third-order valence-corrected chi connectivity index (χ3v) is 4.23. The summed E-state index contributed by atoms with van der Waals surface area (Å²) in [5, 5.41) is 0. The molecule has 9 heteroatoms. The maximum atomic E-state index is 10.8. The van der Waals surface area contributed by atoms with Crippen molar-refractivity contribution in [3.8, 4) is 0 Å². The van der Waals surface area contributed by atoms with Crippen LogP contribution in [0, 0.1) is 0 Å². The summed E-state index contributed by atoms with van der Waals surface area (Å²) < 4.78 is 45.8. The van der Waals surface area contributed by atoms with Gasteiger partial charge in [0.05, 0.1) is 37.3 Å². The second-order valence-corrected chi connectivity index (χ2v) is 6.95. The summed E-state index contributed by atoms with van der Waals surface area (Å²) in [7, 11) is -3.98. The Morgan fingerprint density at radius 3 is 1.64 bits per heavy atom. The molecule has 0 rings (SSSR count). The lowest BCUT2D eigenvalue weighted by atomic mass is 10.1. The van der Waals surface area contributed by atoms with Crippen LogP contribution in [0.2, 0.25) is 0 Å². The Bertz CT molecular complexity index is 321. The van der Waals surface area contributed by atoms with Crippen molar-refractivity contribution in [2.45, 2.75) is 58.3 Å². The molecule has 0 heterocycles. The minimum absolute atomic E-state index is 0.112. The highest BCUT2D eigenvalue weighted by Gasteiger charge is 2.35. The standard InChI is InChI=1S/C16H36NO7S/c1-2-3-4-5-6-7-8-9-10-20-11-12-21-13-14-22-15-16-23-25(18,19)24-17/h2-16H2,1,17H3/q+2. The van der Waals surface area contributed by atoms with Crippen LogP contribution in [0.3, 0.4) is 0 Å². The molecule has 3 N–H and O–H groups in total. The molecule has 151 valence electrons. The van der Waals surface area contributed by atoms with Crippen molar-refractivity contribution < 1.29 is 37.3 Å². The van der Waals surface area contributed by atoms with E-state index in [4.69, 9.17) is 14.2 Å². The first-order chi connectivity index (χ1) is 12.1. The first kappa shape index (κ1) is 24.9. The van der Waals surface area contributed by atoms with E-state index in [0.29, 0.717) is 26.4 Å². The molecule has 0 amide bonds. The topological polar surface area (TPSA) is 111 Å². The van der Waals surface area contributed by atoms with Crippen LogP contribution >= 0.6 is 0 Å². The number of quaternary nitrogens is 1. The van der Waals surface area contributed by atoms with E-state index >= 15 is 0 Å². The van der Waals surface area contributed by atoms with Gasteiger partial charge in [-0.05, 0) is 6.42 Å². The van der Waals surface area contributed by atoms with Crippen molar-refractivity contribution in [2.24, 2.45) is 0 Å². The maximum Gasteiger partial charge on any atom is 0.597 e. The van der Waals surface area contributed by atoms with Crippen molar-refractivity contribution in [3.63, 3.8) is 0 Å². The average Bonchev–Trinajstić information content (AvgIpc) is 2.60. The van der Waals surface area contributed by atoms with Gasteiger partial charge >= 0.3 is 10.8 Å². The van der Waals surface area contributed by atoms with E-state index in [0.717, 1.165) is 13.0 Å². The highest BCUT2D eigenvalue weighted by molar-refractivity contribution is 7.88. The lowest BCUT2D eigenvalue weighted by Crippen LogP contribution is -2.53. The van der Waals surface area contributed by atoms with Gasteiger partial charge in [-0.15, -0.1) is 4.18 Å². The van der Waals surface area contributed by atoms with Crippen LogP contribution in [-0.4, -0.2) is 46.2 Å². The van der Waals surface area contributed by atoms with Crippen molar-refractivity contribution in [3.05, 3.63) is 0 Å². The van der Waals surface area contributed by atoms with Crippen LogP contribution in [0.5, 0.6) is 0 Å². The summed E-state index contributed by atoms with van der Waals surface area (Å²) in [6, 6.07) is 0. The van der Waals surface area contributed by atoms with E-state index in [9.17, 15) is 8.76 Å². The highest BCUT2D eigenvalue weighted by Crippen LogP contribution is 2.08. The van der Waals surface area contributed by atoms with Crippen molar-refractivity contribution in [1.82, 2.24) is 0 Å². The third-order valence-electron chi connectivity index (χ3n) is 3.49. The number of rotatable bonds is 20. The lowest BCUT2D eigenvalue weighted by Gasteiger charge is -2.06. The molecule has 0 spiro atoms. The molecule has 0 aromatic heterocycles. The van der Waals surface area contributed by atoms with Crippen LogP contribution in [-0.2, 0) is 42.2 Å². The number of hydrogen-bond acceptors (Lipinski definition) is 6. The summed E-state index contributed by atoms with van der Waals surface area (Å²) in [6.07, 6.45) is 10.4. The van der Waals surface area contributed by atoms with Gasteiger partial charge in [-0.3, -0.25) is 0 Å². The molecule has 8 nitrogen and oxygen atoms in total. The van der Waals surface area contributed by atoms with Crippen molar-refractivity contribution in [2.75, 3.05) is 46.2 Å². The van der Waals surface area contributed by atoms with E-state index in [1.807, 2.05) is 0 Å². The smallest absolute Gasteiger partial charge is 0.379 e. The minimum atomic E-state index is -3.98. The molecule has 0 aliphatic carbocycles. The Labute approximate surface area is 153 Å².